The van der Waals surface area contributed by atoms with Crippen molar-refractivity contribution < 1.29 is 13.2 Å². The Balaban J connectivity index is 2.50. The van der Waals surface area contributed by atoms with Crippen LogP contribution in [0.5, 0.6) is 5.75 Å². The molecule has 0 saturated heterocycles. The van der Waals surface area contributed by atoms with Gasteiger partial charge in [0, 0.05) is 5.69 Å². The molecule has 0 unspecified atom stereocenters. The molecule has 112 valence electrons. The van der Waals surface area contributed by atoms with E-state index in [1.807, 2.05) is 12.1 Å². The Hall–Kier alpha value is -2.25. The van der Waals surface area contributed by atoms with Crippen LogP contribution in [0.2, 0.25) is 0 Å². The van der Waals surface area contributed by atoms with Gasteiger partial charge in [0.15, 0.2) is 0 Å². The van der Waals surface area contributed by atoms with Gasteiger partial charge in [0.05, 0.1) is 18.5 Å². The number of nitrogens with two attached hydrogens (primary N) is 1. The fraction of sp³-hybridized carbons (Fsp3) is 0.143. The Bertz CT molecular complexity index is 745. The zero-order valence-electron chi connectivity index (χ0n) is 11.8. The quantitative estimate of drug-likeness (QED) is 0.734. The van der Waals surface area contributed by atoms with Gasteiger partial charge in [0.2, 0.25) is 10.0 Å². The summed E-state index contributed by atoms with van der Waals surface area (Å²) in [6.07, 6.45) is 0. The third-order valence-corrected chi connectivity index (χ3v) is 4.39. The van der Waals surface area contributed by atoms with Crippen LogP contribution in [0.25, 0.3) is 0 Å². The van der Waals surface area contributed by atoms with Gasteiger partial charge in [0.1, 0.15) is 10.6 Å². The summed E-state index contributed by atoms with van der Waals surface area (Å²) in [7, 11) is -0.721. The molecular weight excluding hydrogens is 290 g/mol. The first-order valence-corrected chi connectivity index (χ1v) is 7.69. The average Bonchev–Trinajstić information content (AvgIpc) is 2.49. The standard InChI is InChI=1S/C14H17N3O3S/c1-16-21(18,19)14-9-10(15)7-8-12(14)17-11-5-3-4-6-13(11)20-2/h3-9,16-17H,15H2,1-2H3. The highest BCUT2D eigenvalue weighted by Crippen LogP contribution is 2.31. The van der Waals surface area contributed by atoms with Crippen molar-refractivity contribution in [1.82, 2.24) is 4.72 Å². The molecule has 4 N–H and O–H groups in total. The second kappa shape index (κ2) is 6.02. The van der Waals surface area contributed by atoms with E-state index in [1.165, 1.54) is 13.1 Å². The maximum absolute atomic E-state index is 12.1. The van der Waals surface area contributed by atoms with Gasteiger partial charge in [-0.25, -0.2) is 13.1 Å². The smallest absolute Gasteiger partial charge is 0.242 e. The Morgan fingerprint density at radius 3 is 2.48 bits per heavy atom. The van der Waals surface area contributed by atoms with Crippen LogP contribution in [0.3, 0.4) is 0 Å². The van der Waals surface area contributed by atoms with Crippen molar-refractivity contribution in [3.63, 3.8) is 0 Å². The highest BCUT2D eigenvalue weighted by Gasteiger charge is 2.18. The molecule has 0 aliphatic heterocycles. The summed E-state index contributed by atoms with van der Waals surface area (Å²) in [6, 6.07) is 11.9. The zero-order chi connectivity index (χ0) is 15.5. The second-order valence-electron chi connectivity index (χ2n) is 4.29. The molecular formula is C14H17N3O3S. The Kier molecular flexibility index (Phi) is 4.35. The summed E-state index contributed by atoms with van der Waals surface area (Å²) in [5, 5.41) is 3.06. The minimum atomic E-state index is -3.62. The molecule has 2 aromatic rings. The third kappa shape index (κ3) is 3.26. The Labute approximate surface area is 124 Å². The lowest BCUT2D eigenvalue weighted by Crippen LogP contribution is -2.20. The maximum atomic E-state index is 12.1. The van der Waals surface area contributed by atoms with Crippen LogP contribution in [-0.4, -0.2) is 22.6 Å². The van der Waals surface area contributed by atoms with Crippen molar-refractivity contribution in [2.75, 3.05) is 25.2 Å². The number of nitrogens with one attached hydrogen (secondary N) is 2. The van der Waals surface area contributed by atoms with E-state index in [9.17, 15) is 8.42 Å². The van der Waals surface area contributed by atoms with E-state index >= 15 is 0 Å². The monoisotopic (exact) mass is 307 g/mol. The molecule has 0 fully saturated rings. The minimum absolute atomic E-state index is 0.0795. The molecule has 0 aromatic heterocycles. The molecule has 7 heteroatoms. The Morgan fingerprint density at radius 2 is 1.81 bits per heavy atom. The van der Waals surface area contributed by atoms with Crippen molar-refractivity contribution in [1.29, 1.82) is 0 Å². The largest absolute Gasteiger partial charge is 0.495 e. The first-order chi connectivity index (χ1) is 9.97. The van der Waals surface area contributed by atoms with Crippen LogP contribution in [0, 0.1) is 0 Å². The molecule has 0 atom stereocenters. The fourth-order valence-electron chi connectivity index (χ4n) is 1.87. The van der Waals surface area contributed by atoms with Crippen molar-refractivity contribution in [2.24, 2.45) is 0 Å². The van der Waals surface area contributed by atoms with Crippen molar-refractivity contribution in [3.05, 3.63) is 42.5 Å². The lowest BCUT2D eigenvalue weighted by molar-refractivity contribution is 0.417. The number of hydrogen-bond donors (Lipinski definition) is 3. The Morgan fingerprint density at radius 1 is 1.10 bits per heavy atom. The number of anilines is 3. The first kappa shape index (κ1) is 15.1. The maximum Gasteiger partial charge on any atom is 0.242 e. The normalized spacial score (nSPS) is 11.1. The molecule has 0 spiro atoms. The number of nitrogen functional groups attached to an aromatic ring is 1. The molecule has 0 amide bonds. The fourth-order valence-corrected chi connectivity index (χ4v) is 2.79. The van der Waals surface area contributed by atoms with E-state index in [0.717, 1.165) is 0 Å². The summed E-state index contributed by atoms with van der Waals surface area (Å²) in [5.74, 6) is 0.613. The van der Waals surface area contributed by atoms with Gasteiger partial charge in [-0.2, -0.15) is 0 Å². The summed E-state index contributed by atoms with van der Waals surface area (Å²) in [4.78, 5) is 0.0795. The minimum Gasteiger partial charge on any atom is -0.495 e. The predicted octanol–water partition coefficient (Wildman–Crippen LogP) is 1.93. The van der Waals surface area contributed by atoms with E-state index in [4.69, 9.17) is 10.5 Å². The van der Waals surface area contributed by atoms with E-state index in [-0.39, 0.29) is 4.90 Å². The SMILES string of the molecule is CNS(=O)(=O)c1cc(N)ccc1Nc1ccccc1OC. The van der Waals surface area contributed by atoms with Crippen LogP contribution < -0.4 is 20.5 Å². The summed E-state index contributed by atoms with van der Waals surface area (Å²) in [5.41, 5.74) is 7.14. The number of ether oxygens (including phenoxy) is 1. The average molecular weight is 307 g/mol. The highest BCUT2D eigenvalue weighted by molar-refractivity contribution is 7.89. The highest BCUT2D eigenvalue weighted by atomic mass is 32.2. The number of benzene rings is 2. The van der Waals surface area contributed by atoms with Gasteiger partial charge in [-0.05, 0) is 37.4 Å². The lowest BCUT2D eigenvalue weighted by atomic mass is 10.2. The summed E-state index contributed by atoms with van der Waals surface area (Å²) in [6.45, 7) is 0. The van der Waals surface area contributed by atoms with Crippen LogP contribution in [0.4, 0.5) is 17.1 Å². The van der Waals surface area contributed by atoms with Crippen molar-refractivity contribution in [2.45, 2.75) is 4.90 Å². The van der Waals surface area contributed by atoms with E-state index < -0.39 is 10.0 Å². The van der Waals surface area contributed by atoms with Crippen molar-refractivity contribution in [3.8, 4) is 5.75 Å². The van der Waals surface area contributed by atoms with Gasteiger partial charge in [-0.15, -0.1) is 0 Å². The van der Waals surface area contributed by atoms with Gasteiger partial charge < -0.3 is 15.8 Å². The van der Waals surface area contributed by atoms with Crippen LogP contribution in [0.1, 0.15) is 0 Å². The van der Waals surface area contributed by atoms with Crippen LogP contribution in [0.15, 0.2) is 47.4 Å². The predicted molar refractivity (Wildman–Crippen MR) is 83.4 cm³/mol. The van der Waals surface area contributed by atoms with E-state index in [1.54, 1.807) is 31.4 Å². The molecule has 0 bridgehead atoms. The molecule has 0 saturated carbocycles. The van der Waals surface area contributed by atoms with E-state index in [0.29, 0.717) is 22.8 Å². The van der Waals surface area contributed by atoms with E-state index in [2.05, 4.69) is 10.0 Å². The molecule has 0 aliphatic carbocycles. The number of hydrogen-bond acceptors (Lipinski definition) is 5. The zero-order valence-corrected chi connectivity index (χ0v) is 12.6. The molecule has 2 aromatic carbocycles. The number of sulfonamides is 1. The van der Waals surface area contributed by atoms with Gasteiger partial charge in [-0.3, -0.25) is 0 Å². The van der Waals surface area contributed by atoms with Crippen LogP contribution >= 0.6 is 0 Å². The molecule has 2 rings (SSSR count). The van der Waals surface area contributed by atoms with Gasteiger partial charge >= 0.3 is 0 Å². The lowest BCUT2D eigenvalue weighted by Gasteiger charge is -2.15. The second-order valence-corrected chi connectivity index (χ2v) is 6.14. The number of rotatable bonds is 5. The topological polar surface area (TPSA) is 93.5 Å². The molecule has 0 radical (unpaired) electrons. The molecule has 6 nitrogen and oxygen atoms in total. The first-order valence-electron chi connectivity index (χ1n) is 6.21. The number of methoxy groups -OCH3 is 1. The third-order valence-electron chi connectivity index (χ3n) is 2.94. The summed E-state index contributed by atoms with van der Waals surface area (Å²) >= 11 is 0. The van der Waals surface area contributed by atoms with Gasteiger partial charge in [-0.1, -0.05) is 12.1 Å². The van der Waals surface area contributed by atoms with Crippen LogP contribution in [-0.2, 0) is 10.0 Å². The van der Waals surface area contributed by atoms with Crippen molar-refractivity contribution >= 4 is 27.1 Å². The molecule has 0 aliphatic rings. The molecule has 21 heavy (non-hydrogen) atoms. The molecule has 0 heterocycles. The van der Waals surface area contributed by atoms with Gasteiger partial charge in [0.25, 0.3) is 0 Å². The number of para-hydroxylation sites is 2. The summed E-state index contributed by atoms with van der Waals surface area (Å²) < 4.78 is 31.7.